The maximum absolute atomic E-state index is 12.6. The quantitative estimate of drug-likeness (QED) is 0.211. The lowest BCUT2D eigenvalue weighted by Crippen LogP contribution is -2.08. The normalized spacial score (nSPS) is 14.3. The maximum Gasteiger partial charge on any atom is 0.442 e. The van der Waals surface area contributed by atoms with Crippen molar-refractivity contribution in [3.05, 3.63) is 62.0 Å². The summed E-state index contributed by atoms with van der Waals surface area (Å²) in [5.74, 6) is -1.29. The number of benzene rings is 2. The lowest BCUT2D eigenvalue weighted by Gasteiger charge is -2.14. The zero-order valence-electron chi connectivity index (χ0n) is 16.0. The summed E-state index contributed by atoms with van der Waals surface area (Å²) >= 11 is 6.07. The third-order valence-electron chi connectivity index (χ3n) is 3.94. The molecule has 8 nitrogen and oxygen atoms in total. The van der Waals surface area contributed by atoms with Crippen LogP contribution in [0.15, 0.2) is 45.3 Å². The van der Waals surface area contributed by atoms with Crippen LogP contribution in [0, 0.1) is 0 Å². The Hall–Kier alpha value is -0.790. The molecule has 0 bridgehead atoms. The lowest BCUT2D eigenvalue weighted by molar-refractivity contribution is -0.0881. The molecule has 0 saturated carbocycles. The van der Waals surface area contributed by atoms with Crippen LogP contribution in [0.4, 0.5) is 17.8 Å². The molecule has 2 aromatic carbocycles. The largest absolute Gasteiger partial charge is 0.442 e. The molecule has 2 aromatic rings. The van der Waals surface area contributed by atoms with Crippen molar-refractivity contribution < 1.29 is 54.3 Å². The molecule has 0 radical (unpaired) electrons. The van der Waals surface area contributed by atoms with Crippen molar-refractivity contribution in [2.45, 2.75) is 23.8 Å². The summed E-state index contributed by atoms with van der Waals surface area (Å²) in [6.45, 7) is 0. The van der Waals surface area contributed by atoms with Crippen molar-refractivity contribution in [3.63, 3.8) is 0 Å². The standard InChI is InChI=1S/C16H14Br2F4O8P2S/c17-13-5-10(1-3-12(13)7-31(23,29-21)30-22)8-33(26,27)9-11-2-4-15(14(18)6-11)28-32(24,25)16(19)20/h1-6,16H,7-9H2,(H,24,25). The number of hydrogen-bond acceptors (Lipinski definition) is 7. The van der Waals surface area contributed by atoms with Gasteiger partial charge in [-0.05, 0) is 59.9 Å². The fourth-order valence-electron chi connectivity index (χ4n) is 2.52. The highest BCUT2D eigenvalue weighted by molar-refractivity contribution is 9.10. The summed E-state index contributed by atoms with van der Waals surface area (Å²) in [6.07, 6.45) is -4.36. The van der Waals surface area contributed by atoms with Crippen molar-refractivity contribution in [2.24, 2.45) is 0 Å². The first-order chi connectivity index (χ1) is 15.2. The van der Waals surface area contributed by atoms with Gasteiger partial charge in [0.2, 0.25) is 0 Å². The molecule has 1 atom stereocenters. The van der Waals surface area contributed by atoms with Gasteiger partial charge < -0.3 is 9.42 Å². The van der Waals surface area contributed by atoms with Crippen LogP contribution in [0.25, 0.3) is 0 Å². The number of rotatable bonds is 11. The van der Waals surface area contributed by atoms with Crippen molar-refractivity contribution in [3.8, 4) is 5.75 Å². The summed E-state index contributed by atoms with van der Waals surface area (Å²) in [5.41, 5.74) is 0.662. The van der Waals surface area contributed by atoms with Crippen LogP contribution in [0.1, 0.15) is 16.7 Å². The van der Waals surface area contributed by atoms with Gasteiger partial charge in [0, 0.05) is 4.47 Å². The van der Waals surface area contributed by atoms with E-state index in [0.29, 0.717) is 5.56 Å². The summed E-state index contributed by atoms with van der Waals surface area (Å²) in [4.78, 5) is 9.12. The van der Waals surface area contributed by atoms with Gasteiger partial charge in [-0.15, -0.1) is 9.46 Å². The molecule has 0 amide bonds. The summed E-state index contributed by atoms with van der Waals surface area (Å²) in [5, 5.41) is 0. The van der Waals surface area contributed by atoms with E-state index >= 15 is 0 Å². The highest BCUT2D eigenvalue weighted by Crippen LogP contribution is 2.53. The molecular formula is C16H14Br2F4O8P2S. The predicted octanol–water partition coefficient (Wildman–Crippen LogP) is 6.61. The van der Waals surface area contributed by atoms with Gasteiger partial charge in [0.05, 0.1) is 22.1 Å². The first-order valence-electron chi connectivity index (χ1n) is 8.46. The fourth-order valence-corrected chi connectivity index (χ4v) is 6.75. The Kier molecular flexibility index (Phi) is 9.74. The van der Waals surface area contributed by atoms with E-state index in [1.54, 1.807) is 0 Å². The molecule has 1 unspecified atom stereocenters. The molecular weight excluding hydrogens is 650 g/mol. The lowest BCUT2D eigenvalue weighted by atomic mass is 10.2. The summed E-state index contributed by atoms with van der Waals surface area (Å²) in [7, 11) is -13.6. The van der Waals surface area contributed by atoms with E-state index in [4.69, 9.17) is 4.89 Å². The van der Waals surface area contributed by atoms with Crippen LogP contribution in [0.5, 0.6) is 5.75 Å². The van der Waals surface area contributed by atoms with Crippen molar-refractivity contribution in [1.82, 2.24) is 0 Å². The van der Waals surface area contributed by atoms with Crippen molar-refractivity contribution >= 4 is 56.9 Å². The Morgan fingerprint density at radius 1 is 0.939 bits per heavy atom. The van der Waals surface area contributed by atoms with Crippen LogP contribution in [0.2, 0.25) is 0 Å². The topological polar surface area (TPSA) is 116 Å². The van der Waals surface area contributed by atoms with Gasteiger partial charge in [-0.3, -0.25) is 4.57 Å². The Bertz CT molecular complexity index is 1140. The smallest absolute Gasteiger partial charge is 0.420 e. The molecule has 17 heteroatoms. The second kappa shape index (κ2) is 11.3. The Morgan fingerprint density at radius 3 is 1.91 bits per heavy atom. The van der Waals surface area contributed by atoms with Crippen LogP contribution >= 0.6 is 47.1 Å². The molecule has 0 aliphatic carbocycles. The first-order valence-corrected chi connectivity index (χ1v) is 15.2. The number of alkyl halides is 2. The third-order valence-corrected chi connectivity index (χ3v) is 8.94. The number of halogens is 6. The predicted molar refractivity (Wildman–Crippen MR) is 117 cm³/mol. The molecule has 0 aliphatic rings. The van der Waals surface area contributed by atoms with Gasteiger partial charge >= 0.3 is 21.4 Å². The van der Waals surface area contributed by atoms with Crippen molar-refractivity contribution in [2.75, 3.05) is 0 Å². The van der Waals surface area contributed by atoms with Gasteiger partial charge in [-0.2, -0.15) is 8.78 Å². The summed E-state index contributed by atoms with van der Waals surface area (Å²) < 4.78 is 108. The van der Waals surface area contributed by atoms with Crippen LogP contribution in [0.3, 0.4) is 0 Å². The first kappa shape index (κ1) is 28.4. The third kappa shape index (κ3) is 8.14. The fraction of sp³-hybridized carbons (Fsp3) is 0.250. The minimum atomic E-state index is -5.20. The van der Waals surface area contributed by atoms with E-state index in [1.807, 2.05) is 0 Å². The van der Waals surface area contributed by atoms with Gasteiger partial charge in [0.1, 0.15) is 5.75 Å². The van der Waals surface area contributed by atoms with Gasteiger partial charge in [-0.25, -0.2) is 13.0 Å². The SMILES string of the molecule is O=P(Cc1ccc(CS(=O)(=O)Cc2ccc(OP(=O)(O)C(F)F)c(Br)c2)cc1Br)(OF)OF. The molecule has 0 spiro atoms. The van der Waals surface area contributed by atoms with E-state index in [0.717, 1.165) is 6.07 Å². The minimum Gasteiger partial charge on any atom is -0.420 e. The van der Waals surface area contributed by atoms with Crippen molar-refractivity contribution in [1.29, 1.82) is 0 Å². The molecule has 0 fully saturated rings. The monoisotopic (exact) mass is 662 g/mol. The number of sulfone groups is 1. The highest BCUT2D eigenvalue weighted by atomic mass is 79.9. The average molecular weight is 664 g/mol. The Morgan fingerprint density at radius 2 is 1.45 bits per heavy atom. The second-order valence-corrected chi connectivity index (χ2v) is 13.9. The molecule has 2 rings (SSSR count). The van der Waals surface area contributed by atoms with E-state index in [-0.39, 0.29) is 25.8 Å². The van der Waals surface area contributed by atoms with E-state index < -0.39 is 48.9 Å². The van der Waals surface area contributed by atoms with Gasteiger partial charge in [-0.1, -0.05) is 34.1 Å². The Labute approximate surface area is 202 Å². The van der Waals surface area contributed by atoms with Crippen LogP contribution in [-0.4, -0.2) is 19.5 Å². The molecule has 0 aliphatic heterocycles. The summed E-state index contributed by atoms with van der Waals surface area (Å²) in [6, 6.07) is 7.52. The van der Waals surface area contributed by atoms with Gasteiger partial charge in [0.25, 0.3) is 0 Å². The van der Waals surface area contributed by atoms with E-state index in [1.165, 1.54) is 30.3 Å². The second-order valence-electron chi connectivity index (χ2n) is 6.56. The molecule has 33 heavy (non-hydrogen) atoms. The maximum atomic E-state index is 12.6. The minimum absolute atomic E-state index is 0.00758. The van der Waals surface area contributed by atoms with Crippen LogP contribution in [-0.2, 0) is 46.1 Å². The zero-order chi connectivity index (χ0) is 25.0. The highest BCUT2D eigenvalue weighted by Gasteiger charge is 2.35. The molecule has 0 saturated heterocycles. The zero-order valence-corrected chi connectivity index (χ0v) is 21.8. The van der Waals surface area contributed by atoms with Gasteiger partial charge in [0.15, 0.2) is 9.84 Å². The van der Waals surface area contributed by atoms with E-state index in [9.17, 15) is 35.4 Å². The van der Waals surface area contributed by atoms with Crippen LogP contribution < -0.4 is 4.52 Å². The molecule has 0 aromatic heterocycles. The average Bonchev–Trinajstić information content (AvgIpc) is 2.71. The van der Waals surface area contributed by atoms with E-state index in [2.05, 4.69) is 45.8 Å². The molecule has 0 heterocycles. The molecule has 1 N–H and O–H groups in total. The Balaban J connectivity index is 2.14. The molecule has 184 valence electrons. The number of hydrogen-bond donors (Lipinski definition) is 1.